The third-order valence-corrected chi connectivity index (χ3v) is 2.04. The second-order valence-electron chi connectivity index (χ2n) is 3.42. The van der Waals surface area contributed by atoms with Crippen LogP contribution in [0.2, 0.25) is 0 Å². The number of ether oxygens (including phenoxy) is 1. The fraction of sp³-hybridized carbons (Fsp3) is 0.700. The van der Waals surface area contributed by atoms with Crippen molar-refractivity contribution < 1.29 is 14.3 Å². The van der Waals surface area contributed by atoms with Crippen LogP contribution in [-0.2, 0) is 14.3 Å². The summed E-state index contributed by atoms with van der Waals surface area (Å²) < 4.78 is 4.89. The lowest BCUT2D eigenvalue weighted by Gasteiger charge is -2.20. The van der Waals surface area contributed by atoms with Gasteiger partial charge in [-0.05, 0) is 12.8 Å². The standard InChI is InChI=1S/C10H17N3O3/c1-3-16-6-8(14)13-9(10(12)15)7(2)4-5-11/h7,9H,3-4,6H2,1-2H3,(H2,12,15)(H,13,14)/t7-,9+/m1/s1. The molecular formula is C10H17N3O3. The second kappa shape index (κ2) is 7.65. The Balaban J connectivity index is 4.29. The van der Waals surface area contributed by atoms with E-state index in [4.69, 9.17) is 15.7 Å². The van der Waals surface area contributed by atoms with Gasteiger partial charge in [0.25, 0.3) is 0 Å². The summed E-state index contributed by atoms with van der Waals surface area (Å²) in [4.78, 5) is 22.4. The van der Waals surface area contributed by atoms with E-state index in [-0.39, 0.29) is 18.9 Å². The molecule has 16 heavy (non-hydrogen) atoms. The zero-order valence-electron chi connectivity index (χ0n) is 9.53. The van der Waals surface area contributed by atoms with Crippen LogP contribution in [0.3, 0.4) is 0 Å². The summed E-state index contributed by atoms with van der Waals surface area (Å²) in [5.41, 5.74) is 5.14. The smallest absolute Gasteiger partial charge is 0.246 e. The first-order chi connectivity index (χ1) is 7.52. The van der Waals surface area contributed by atoms with Crippen molar-refractivity contribution in [1.82, 2.24) is 5.32 Å². The Morgan fingerprint density at radius 1 is 1.56 bits per heavy atom. The number of nitrogens with zero attached hydrogens (tertiary/aromatic N) is 1. The van der Waals surface area contributed by atoms with E-state index in [0.717, 1.165) is 0 Å². The summed E-state index contributed by atoms with van der Waals surface area (Å²) in [6.07, 6.45) is 0.155. The Morgan fingerprint density at radius 2 is 2.19 bits per heavy atom. The third kappa shape index (κ3) is 5.32. The summed E-state index contributed by atoms with van der Waals surface area (Å²) in [5, 5.41) is 10.9. The van der Waals surface area contributed by atoms with Crippen molar-refractivity contribution in [3.63, 3.8) is 0 Å². The van der Waals surface area contributed by atoms with Crippen LogP contribution in [0.25, 0.3) is 0 Å². The normalized spacial score (nSPS) is 13.6. The molecule has 0 spiro atoms. The average Bonchev–Trinajstić information content (AvgIpc) is 2.22. The maximum Gasteiger partial charge on any atom is 0.246 e. The number of nitrogens with two attached hydrogens (primary N) is 1. The first-order valence-corrected chi connectivity index (χ1v) is 5.06. The maximum absolute atomic E-state index is 11.3. The number of rotatable bonds is 7. The lowest BCUT2D eigenvalue weighted by Crippen LogP contribution is -2.49. The number of hydrogen-bond donors (Lipinski definition) is 2. The summed E-state index contributed by atoms with van der Waals surface area (Å²) in [6.45, 7) is 3.75. The minimum atomic E-state index is -0.826. The molecule has 6 heteroatoms. The van der Waals surface area contributed by atoms with E-state index in [1.54, 1.807) is 13.8 Å². The van der Waals surface area contributed by atoms with Gasteiger partial charge in [0, 0.05) is 13.0 Å². The molecule has 0 unspecified atom stereocenters. The van der Waals surface area contributed by atoms with E-state index < -0.39 is 17.9 Å². The van der Waals surface area contributed by atoms with E-state index in [1.807, 2.05) is 6.07 Å². The third-order valence-electron chi connectivity index (χ3n) is 2.04. The zero-order chi connectivity index (χ0) is 12.6. The van der Waals surface area contributed by atoms with Crippen LogP contribution >= 0.6 is 0 Å². The molecule has 0 aliphatic carbocycles. The SMILES string of the molecule is CCOCC(=O)N[C@H](C(N)=O)[C@H](C)CC#N. The molecule has 0 rings (SSSR count). The van der Waals surface area contributed by atoms with E-state index >= 15 is 0 Å². The van der Waals surface area contributed by atoms with Crippen molar-refractivity contribution in [2.45, 2.75) is 26.3 Å². The molecule has 0 bridgehead atoms. The predicted molar refractivity (Wildman–Crippen MR) is 57.0 cm³/mol. The molecule has 0 aliphatic rings. The molecule has 0 aromatic heterocycles. The number of primary amides is 1. The first-order valence-electron chi connectivity index (χ1n) is 5.06. The quantitative estimate of drug-likeness (QED) is 0.614. The largest absolute Gasteiger partial charge is 0.372 e. The van der Waals surface area contributed by atoms with Crippen LogP contribution in [0.4, 0.5) is 0 Å². The van der Waals surface area contributed by atoms with Crippen LogP contribution in [0.1, 0.15) is 20.3 Å². The van der Waals surface area contributed by atoms with Crippen LogP contribution in [0, 0.1) is 17.2 Å². The first kappa shape index (κ1) is 14.4. The van der Waals surface area contributed by atoms with Crippen molar-refractivity contribution in [3.8, 4) is 6.07 Å². The van der Waals surface area contributed by atoms with Crippen molar-refractivity contribution >= 4 is 11.8 Å². The molecule has 0 saturated carbocycles. The molecule has 2 atom stereocenters. The number of nitriles is 1. The van der Waals surface area contributed by atoms with Gasteiger partial charge in [-0.3, -0.25) is 9.59 Å². The molecule has 0 aromatic carbocycles. The predicted octanol–water partition coefficient (Wildman–Crippen LogP) is -0.457. The highest BCUT2D eigenvalue weighted by Gasteiger charge is 2.24. The van der Waals surface area contributed by atoms with Crippen LogP contribution in [0.5, 0.6) is 0 Å². The summed E-state index contributed by atoms with van der Waals surface area (Å²) in [6, 6.07) is 1.10. The second-order valence-corrected chi connectivity index (χ2v) is 3.42. The van der Waals surface area contributed by atoms with E-state index in [2.05, 4.69) is 5.32 Å². The molecule has 3 N–H and O–H groups in total. The fourth-order valence-corrected chi connectivity index (χ4v) is 1.17. The van der Waals surface area contributed by atoms with Crippen LogP contribution < -0.4 is 11.1 Å². The molecular weight excluding hydrogens is 210 g/mol. The Hall–Kier alpha value is -1.61. The highest BCUT2D eigenvalue weighted by atomic mass is 16.5. The van der Waals surface area contributed by atoms with Crippen molar-refractivity contribution in [3.05, 3.63) is 0 Å². The van der Waals surface area contributed by atoms with Gasteiger partial charge < -0.3 is 15.8 Å². The summed E-state index contributed by atoms with van der Waals surface area (Å²) >= 11 is 0. The van der Waals surface area contributed by atoms with Crippen LogP contribution in [-0.4, -0.2) is 31.1 Å². The van der Waals surface area contributed by atoms with Gasteiger partial charge >= 0.3 is 0 Å². The molecule has 0 radical (unpaired) electrons. The highest BCUT2D eigenvalue weighted by molar-refractivity contribution is 5.87. The van der Waals surface area contributed by atoms with Crippen molar-refractivity contribution in [1.29, 1.82) is 5.26 Å². The monoisotopic (exact) mass is 227 g/mol. The lowest BCUT2D eigenvalue weighted by atomic mass is 9.98. The highest BCUT2D eigenvalue weighted by Crippen LogP contribution is 2.06. The van der Waals surface area contributed by atoms with E-state index in [1.165, 1.54) is 0 Å². The molecule has 2 amide bonds. The Kier molecular flexibility index (Phi) is 6.88. The summed E-state index contributed by atoms with van der Waals surface area (Å²) in [5.74, 6) is -1.36. The molecule has 0 aliphatic heterocycles. The minimum absolute atomic E-state index is 0.112. The summed E-state index contributed by atoms with van der Waals surface area (Å²) in [7, 11) is 0. The number of hydrogen-bond acceptors (Lipinski definition) is 4. The van der Waals surface area contributed by atoms with Gasteiger partial charge in [0.1, 0.15) is 12.6 Å². The maximum atomic E-state index is 11.3. The lowest BCUT2D eigenvalue weighted by molar-refractivity contribution is -0.131. The molecule has 90 valence electrons. The number of carbonyl (C=O) groups is 2. The molecule has 0 aromatic rings. The van der Waals surface area contributed by atoms with Crippen molar-refractivity contribution in [2.24, 2.45) is 11.7 Å². The van der Waals surface area contributed by atoms with Crippen molar-refractivity contribution in [2.75, 3.05) is 13.2 Å². The van der Waals surface area contributed by atoms with Gasteiger partial charge in [-0.25, -0.2) is 0 Å². The molecule has 0 saturated heterocycles. The number of amides is 2. The van der Waals surface area contributed by atoms with Gasteiger partial charge in [-0.1, -0.05) is 6.92 Å². The Morgan fingerprint density at radius 3 is 2.62 bits per heavy atom. The van der Waals surface area contributed by atoms with E-state index in [0.29, 0.717) is 6.61 Å². The topological polar surface area (TPSA) is 105 Å². The van der Waals surface area contributed by atoms with Gasteiger partial charge in [-0.2, -0.15) is 5.26 Å². The van der Waals surface area contributed by atoms with E-state index in [9.17, 15) is 9.59 Å². The minimum Gasteiger partial charge on any atom is -0.372 e. The number of carbonyl (C=O) groups excluding carboxylic acids is 2. The van der Waals surface area contributed by atoms with Gasteiger partial charge in [0.2, 0.25) is 11.8 Å². The Labute approximate surface area is 94.7 Å². The van der Waals surface area contributed by atoms with Gasteiger partial charge in [0.05, 0.1) is 6.07 Å². The molecule has 0 fully saturated rings. The molecule has 6 nitrogen and oxygen atoms in total. The Bertz CT molecular complexity index is 286. The molecule has 0 heterocycles. The van der Waals surface area contributed by atoms with Gasteiger partial charge in [-0.15, -0.1) is 0 Å². The zero-order valence-corrected chi connectivity index (χ0v) is 9.53. The number of nitrogens with one attached hydrogen (secondary N) is 1. The van der Waals surface area contributed by atoms with Crippen LogP contribution in [0.15, 0.2) is 0 Å². The van der Waals surface area contributed by atoms with Gasteiger partial charge in [0.15, 0.2) is 0 Å². The fourth-order valence-electron chi connectivity index (χ4n) is 1.17. The average molecular weight is 227 g/mol.